The molecular formula is C19H25N5O3. The van der Waals surface area contributed by atoms with Crippen LogP contribution in [0, 0.1) is 12.3 Å². The van der Waals surface area contributed by atoms with E-state index < -0.39 is 24.5 Å². The molecule has 8 heteroatoms. The smallest absolute Gasteiger partial charge is 0.167 e. The Morgan fingerprint density at radius 3 is 2.52 bits per heavy atom. The molecule has 0 amide bonds. The Morgan fingerprint density at radius 2 is 1.81 bits per heavy atom. The summed E-state index contributed by atoms with van der Waals surface area (Å²) in [5.41, 5.74) is 1.15. The van der Waals surface area contributed by atoms with Gasteiger partial charge in [0, 0.05) is 6.04 Å². The molecule has 0 bridgehead atoms. The van der Waals surface area contributed by atoms with Crippen LogP contribution in [-0.4, -0.2) is 54.1 Å². The highest BCUT2D eigenvalue weighted by Gasteiger charge is 2.43. The zero-order valence-electron chi connectivity index (χ0n) is 15.2. The molecule has 2 aliphatic rings. The maximum Gasteiger partial charge on any atom is 0.167 e. The Morgan fingerprint density at radius 1 is 1.07 bits per heavy atom. The van der Waals surface area contributed by atoms with E-state index in [4.69, 9.17) is 11.2 Å². The van der Waals surface area contributed by atoms with Crippen LogP contribution in [0.4, 0.5) is 5.82 Å². The largest absolute Gasteiger partial charge is 0.386 e. The fourth-order valence-corrected chi connectivity index (χ4v) is 3.96. The van der Waals surface area contributed by atoms with Crippen LogP contribution in [0.5, 0.6) is 0 Å². The molecule has 3 N–H and O–H groups in total. The predicted molar refractivity (Wildman–Crippen MR) is 99.8 cm³/mol. The molecule has 2 fully saturated rings. The Hall–Kier alpha value is -2.21. The van der Waals surface area contributed by atoms with Crippen molar-refractivity contribution in [2.45, 2.75) is 75.5 Å². The zero-order valence-corrected chi connectivity index (χ0v) is 15.2. The molecule has 1 saturated heterocycles. The minimum Gasteiger partial charge on any atom is -0.386 e. The number of nitrogens with zero attached hydrogens (tertiary/aromatic N) is 4. The van der Waals surface area contributed by atoms with Crippen LogP contribution >= 0.6 is 0 Å². The van der Waals surface area contributed by atoms with Gasteiger partial charge in [0.25, 0.3) is 0 Å². The number of aromatic nitrogens is 4. The van der Waals surface area contributed by atoms with E-state index in [1.54, 1.807) is 10.9 Å². The Kier molecular flexibility index (Phi) is 5.25. The van der Waals surface area contributed by atoms with Gasteiger partial charge in [0.2, 0.25) is 0 Å². The Bertz CT molecular complexity index is 824. The number of hydrogen-bond donors (Lipinski definition) is 3. The minimum atomic E-state index is -1.15. The van der Waals surface area contributed by atoms with Crippen LogP contribution in [0.25, 0.3) is 11.2 Å². The molecule has 1 aliphatic carbocycles. The van der Waals surface area contributed by atoms with Crippen molar-refractivity contribution < 1.29 is 14.9 Å². The van der Waals surface area contributed by atoms with Crippen LogP contribution < -0.4 is 5.32 Å². The van der Waals surface area contributed by atoms with Gasteiger partial charge in [0.05, 0.1) is 6.33 Å². The molecule has 144 valence electrons. The number of nitrogens with one attached hydrogen (secondary N) is 1. The lowest BCUT2D eigenvalue weighted by Crippen LogP contribution is -2.30. The van der Waals surface area contributed by atoms with Crippen LogP contribution in [0.15, 0.2) is 12.7 Å². The number of ether oxygens (including phenoxy) is 1. The van der Waals surface area contributed by atoms with E-state index in [9.17, 15) is 10.2 Å². The van der Waals surface area contributed by atoms with Crippen LogP contribution in [-0.2, 0) is 4.74 Å². The first-order valence-corrected chi connectivity index (χ1v) is 9.61. The van der Waals surface area contributed by atoms with Crippen LogP contribution in [0.2, 0.25) is 0 Å². The molecule has 3 heterocycles. The van der Waals surface area contributed by atoms with Crippen molar-refractivity contribution in [3.05, 3.63) is 12.7 Å². The summed E-state index contributed by atoms with van der Waals surface area (Å²) in [6.45, 7) is 0. The summed E-state index contributed by atoms with van der Waals surface area (Å²) in [5, 5.41) is 23.8. The van der Waals surface area contributed by atoms with E-state index >= 15 is 0 Å². The van der Waals surface area contributed by atoms with Gasteiger partial charge in [-0.2, -0.15) is 0 Å². The number of fused-ring (bicyclic) bond motifs is 1. The van der Waals surface area contributed by atoms with Crippen molar-refractivity contribution in [2.24, 2.45) is 0 Å². The summed E-state index contributed by atoms with van der Waals surface area (Å²) in [6.07, 6.45) is 12.9. The van der Waals surface area contributed by atoms with Crippen LogP contribution in [0.3, 0.4) is 0 Å². The number of aliphatic hydroxyl groups is 2. The summed E-state index contributed by atoms with van der Waals surface area (Å²) in [6, 6.07) is 0.370. The van der Waals surface area contributed by atoms with Gasteiger partial charge in [0.15, 0.2) is 23.2 Å². The van der Waals surface area contributed by atoms with E-state index in [1.165, 1.54) is 38.4 Å². The maximum absolute atomic E-state index is 10.3. The predicted octanol–water partition coefficient (Wildman–Crippen LogP) is 1.60. The standard InChI is InChI=1S/C19H25N5O3/c1-2-13-15(25)16(26)19(27-13)24-11-22-14-17(20-10-21-18(14)24)23-12-8-6-4-3-5-7-9-12/h1,10-13,15-16,19,25-26H,3-9H2,(H,20,21,23)/t13-,15-,16-,19-/m1/s1. The second-order valence-electron chi connectivity index (χ2n) is 7.33. The van der Waals surface area contributed by atoms with Crippen molar-refractivity contribution in [2.75, 3.05) is 5.32 Å². The summed E-state index contributed by atoms with van der Waals surface area (Å²) < 4.78 is 7.22. The van der Waals surface area contributed by atoms with Gasteiger partial charge in [0.1, 0.15) is 24.6 Å². The molecule has 0 aromatic carbocycles. The molecule has 27 heavy (non-hydrogen) atoms. The van der Waals surface area contributed by atoms with Gasteiger partial charge in [-0.1, -0.05) is 38.0 Å². The molecule has 2 aromatic rings. The van der Waals surface area contributed by atoms with Gasteiger partial charge in [-0.3, -0.25) is 4.57 Å². The molecule has 0 spiro atoms. The lowest BCUT2D eigenvalue weighted by atomic mass is 9.97. The van der Waals surface area contributed by atoms with E-state index in [0.29, 0.717) is 23.0 Å². The number of rotatable bonds is 3. The van der Waals surface area contributed by atoms with E-state index in [-0.39, 0.29) is 0 Å². The normalized spacial score (nSPS) is 30.0. The molecule has 4 rings (SSSR count). The van der Waals surface area contributed by atoms with E-state index in [2.05, 4.69) is 26.2 Å². The average Bonchev–Trinajstić information content (AvgIpc) is 3.20. The van der Waals surface area contributed by atoms with Crippen molar-refractivity contribution in [3.63, 3.8) is 0 Å². The van der Waals surface area contributed by atoms with Crippen molar-refractivity contribution in [3.8, 4) is 12.3 Å². The quantitative estimate of drug-likeness (QED) is 0.704. The first kappa shape index (κ1) is 18.2. The van der Waals surface area contributed by atoms with Gasteiger partial charge < -0.3 is 20.3 Å². The van der Waals surface area contributed by atoms with E-state index in [1.807, 2.05) is 0 Å². The van der Waals surface area contributed by atoms with Gasteiger partial charge in [-0.15, -0.1) is 6.42 Å². The summed E-state index contributed by atoms with van der Waals surface area (Å²) in [5.74, 6) is 3.04. The minimum absolute atomic E-state index is 0.370. The van der Waals surface area contributed by atoms with Gasteiger partial charge in [-0.25, -0.2) is 15.0 Å². The fourth-order valence-electron chi connectivity index (χ4n) is 3.96. The molecule has 0 radical (unpaired) electrons. The monoisotopic (exact) mass is 371 g/mol. The molecule has 8 nitrogen and oxygen atoms in total. The number of imidazole rings is 1. The third-order valence-corrected chi connectivity index (χ3v) is 5.48. The first-order chi connectivity index (χ1) is 13.2. The maximum atomic E-state index is 10.3. The van der Waals surface area contributed by atoms with E-state index in [0.717, 1.165) is 12.8 Å². The second kappa shape index (κ2) is 7.80. The third kappa shape index (κ3) is 3.50. The molecule has 1 aliphatic heterocycles. The number of anilines is 1. The highest BCUT2D eigenvalue weighted by molar-refractivity contribution is 5.82. The Labute approximate surface area is 158 Å². The summed E-state index contributed by atoms with van der Waals surface area (Å²) in [4.78, 5) is 13.1. The number of aliphatic hydroxyl groups excluding tert-OH is 2. The highest BCUT2D eigenvalue weighted by atomic mass is 16.6. The van der Waals surface area contributed by atoms with Crippen molar-refractivity contribution in [1.29, 1.82) is 0 Å². The summed E-state index contributed by atoms with van der Waals surface area (Å²) in [7, 11) is 0. The first-order valence-electron chi connectivity index (χ1n) is 9.61. The van der Waals surface area contributed by atoms with Gasteiger partial charge in [-0.05, 0) is 12.8 Å². The van der Waals surface area contributed by atoms with Gasteiger partial charge >= 0.3 is 0 Å². The second-order valence-corrected chi connectivity index (χ2v) is 7.33. The van der Waals surface area contributed by atoms with Crippen molar-refractivity contribution in [1.82, 2.24) is 19.5 Å². The number of terminal acetylenes is 1. The fraction of sp³-hybridized carbons (Fsp3) is 0.632. The van der Waals surface area contributed by atoms with Crippen LogP contribution in [0.1, 0.15) is 51.2 Å². The molecular weight excluding hydrogens is 346 g/mol. The average molecular weight is 371 g/mol. The van der Waals surface area contributed by atoms with Crippen molar-refractivity contribution >= 4 is 17.0 Å². The Balaban J connectivity index is 1.59. The lowest BCUT2D eigenvalue weighted by Gasteiger charge is -2.21. The SMILES string of the molecule is C#C[C@H]1O[C@@H](n2cnc3c(NC4CCCCCCC4)ncnc32)[C@H](O)[C@@H]1O. The lowest BCUT2D eigenvalue weighted by molar-refractivity contribution is -0.0230. The molecule has 1 saturated carbocycles. The molecule has 2 aromatic heterocycles. The molecule has 0 unspecified atom stereocenters. The zero-order chi connectivity index (χ0) is 18.8. The number of hydrogen-bond acceptors (Lipinski definition) is 7. The summed E-state index contributed by atoms with van der Waals surface area (Å²) >= 11 is 0. The molecule has 4 atom stereocenters. The topological polar surface area (TPSA) is 105 Å². The highest BCUT2D eigenvalue weighted by Crippen LogP contribution is 2.32. The third-order valence-electron chi connectivity index (χ3n) is 5.48.